The van der Waals surface area contributed by atoms with Crippen LogP contribution < -0.4 is 0 Å². The number of esters is 2. The van der Waals surface area contributed by atoms with E-state index in [2.05, 4.69) is 0 Å². The van der Waals surface area contributed by atoms with Crippen LogP contribution in [-0.2, 0) is 19.1 Å². The minimum Gasteiger partial charge on any atom is -0.463 e. The summed E-state index contributed by atoms with van der Waals surface area (Å²) in [6.45, 7) is 3.58. The molecule has 0 radical (unpaired) electrons. The fourth-order valence-corrected chi connectivity index (χ4v) is 1.74. The van der Waals surface area contributed by atoms with E-state index in [-0.39, 0.29) is 11.9 Å². The Kier molecular flexibility index (Phi) is 4.59. The van der Waals surface area contributed by atoms with Crippen molar-refractivity contribution in [2.45, 2.75) is 45.6 Å². The third kappa shape index (κ3) is 3.53. The van der Waals surface area contributed by atoms with Gasteiger partial charge in [0.2, 0.25) is 0 Å². The average Bonchev–Trinajstić information content (AvgIpc) is 2.70. The third-order valence-electron chi connectivity index (χ3n) is 2.60. The number of hydrogen-bond acceptors (Lipinski definition) is 4. The fraction of sp³-hybridized carbons (Fsp3) is 0.818. The summed E-state index contributed by atoms with van der Waals surface area (Å²) in [4.78, 5) is 22.7. The SMILES string of the molecule is CCOC(=O)[C@H](C)OC(=O)C1CCCC1. The maximum absolute atomic E-state index is 11.5. The van der Waals surface area contributed by atoms with E-state index in [1.165, 1.54) is 0 Å². The predicted molar refractivity (Wildman–Crippen MR) is 54.1 cm³/mol. The summed E-state index contributed by atoms with van der Waals surface area (Å²) < 4.78 is 9.79. The van der Waals surface area contributed by atoms with Gasteiger partial charge in [0.25, 0.3) is 0 Å². The second-order valence-electron chi connectivity index (χ2n) is 3.81. The maximum atomic E-state index is 11.5. The minimum atomic E-state index is -0.780. The van der Waals surface area contributed by atoms with Crippen molar-refractivity contribution >= 4 is 11.9 Å². The monoisotopic (exact) mass is 214 g/mol. The average molecular weight is 214 g/mol. The van der Waals surface area contributed by atoms with Crippen molar-refractivity contribution in [3.63, 3.8) is 0 Å². The molecule has 4 heteroatoms. The number of carbonyl (C=O) groups excluding carboxylic acids is 2. The second-order valence-corrected chi connectivity index (χ2v) is 3.81. The molecule has 0 spiro atoms. The summed E-state index contributed by atoms with van der Waals surface area (Å²) in [6.07, 6.45) is 3.14. The van der Waals surface area contributed by atoms with Gasteiger partial charge in [-0.05, 0) is 26.7 Å². The van der Waals surface area contributed by atoms with Gasteiger partial charge < -0.3 is 9.47 Å². The van der Waals surface area contributed by atoms with Crippen molar-refractivity contribution < 1.29 is 19.1 Å². The standard InChI is InChI=1S/C11H18O4/c1-3-14-10(12)8(2)15-11(13)9-6-4-5-7-9/h8-9H,3-7H2,1-2H3/t8-/m0/s1. The van der Waals surface area contributed by atoms with E-state index in [4.69, 9.17) is 9.47 Å². The first-order valence-corrected chi connectivity index (χ1v) is 5.52. The first-order valence-electron chi connectivity index (χ1n) is 5.52. The lowest BCUT2D eigenvalue weighted by Gasteiger charge is -2.14. The summed E-state index contributed by atoms with van der Waals surface area (Å²) in [5.41, 5.74) is 0. The van der Waals surface area contributed by atoms with Crippen LogP contribution >= 0.6 is 0 Å². The molecule has 0 aromatic heterocycles. The number of carbonyl (C=O) groups is 2. The molecule has 0 N–H and O–H groups in total. The van der Waals surface area contributed by atoms with Crippen LogP contribution in [0, 0.1) is 5.92 Å². The number of hydrogen-bond donors (Lipinski definition) is 0. The van der Waals surface area contributed by atoms with Crippen molar-refractivity contribution in [2.75, 3.05) is 6.61 Å². The molecule has 0 aromatic rings. The van der Waals surface area contributed by atoms with E-state index in [0.29, 0.717) is 6.61 Å². The molecule has 86 valence electrons. The molecule has 4 nitrogen and oxygen atoms in total. The van der Waals surface area contributed by atoms with Crippen molar-refractivity contribution in [1.82, 2.24) is 0 Å². The lowest BCUT2D eigenvalue weighted by Crippen LogP contribution is -2.28. The number of ether oxygens (including phenoxy) is 2. The van der Waals surface area contributed by atoms with E-state index < -0.39 is 12.1 Å². The molecule has 0 bridgehead atoms. The number of rotatable bonds is 4. The van der Waals surface area contributed by atoms with Gasteiger partial charge in [0, 0.05) is 0 Å². The molecule has 0 unspecified atom stereocenters. The maximum Gasteiger partial charge on any atom is 0.347 e. The van der Waals surface area contributed by atoms with Crippen LogP contribution in [0.3, 0.4) is 0 Å². The van der Waals surface area contributed by atoms with E-state index in [9.17, 15) is 9.59 Å². The summed E-state index contributed by atoms with van der Waals surface area (Å²) in [7, 11) is 0. The van der Waals surface area contributed by atoms with E-state index in [0.717, 1.165) is 25.7 Å². The fourth-order valence-electron chi connectivity index (χ4n) is 1.74. The molecule has 1 atom stereocenters. The Morgan fingerprint density at radius 3 is 2.47 bits per heavy atom. The van der Waals surface area contributed by atoms with Crippen LogP contribution in [0.2, 0.25) is 0 Å². The predicted octanol–water partition coefficient (Wildman–Crippen LogP) is 1.67. The highest BCUT2D eigenvalue weighted by molar-refractivity contribution is 5.80. The molecule has 1 saturated carbocycles. The van der Waals surface area contributed by atoms with Crippen LogP contribution in [0.15, 0.2) is 0 Å². The smallest absolute Gasteiger partial charge is 0.347 e. The van der Waals surface area contributed by atoms with Crippen LogP contribution in [0.4, 0.5) is 0 Å². The quantitative estimate of drug-likeness (QED) is 0.668. The van der Waals surface area contributed by atoms with Crippen LogP contribution in [0.25, 0.3) is 0 Å². The lowest BCUT2D eigenvalue weighted by molar-refractivity contribution is -0.168. The van der Waals surface area contributed by atoms with Gasteiger partial charge in [-0.25, -0.2) is 4.79 Å². The van der Waals surface area contributed by atoms with Crippen LogP contribution in [-0.4, -0.2) is 24.6 Å². The van der Waals surface area contributed by atoms with Crippen molar-refractivity contribution in [3.8, 4) is 0 Å². The molecule has 1 aliphatic carbocycles. The molecule has 1 aliphatic rings. The van der Waals surface area contributed by atoms with Crippen LogP contribution in [0.5, 0.6) is 0 Å². The summed E-state index contributed by atoms with van der Waals surface area (Å²) in [5, 5.41) is 0. The highest BCUT2D eigenvalue weighted by Gasteiger charge is 2.27. The van der Waals surface area contributed by atoms with Crippen molar-refractivity contribution in [3.05, 3.63) is 0 Å². The van der Waals surface area contributed by atoms with Crippen molar-refractivity contribution in [2.24, 2.45) is 5.92 Å². The van der Waals surface area contributed by atoms with Gasteiger partial charge in [0.15, 0.2) is 6.10 Å². The first kappa shape index (κ1) is 12.0. The van der Waals surface area contributed by atoms with E-state index in [1.807, 2.05) is 0 Å². The van der Waals surface area contributed by atoms with Gasteiger partial charge >= 0.3 is 11.9 Å². The highest BCUT2D eigenvalue weighted by Crippen LogP contribution is 2.26. The lowest BCUT2D eigenvalue weighted by atomic mass is 10.1. The summed E-state index contributed by atoms with van der Waals surface area (Å²) >= 11 is 0. The molecule has 0 heterocycles. The molecule has 0 saturated heterocycles. The van der Waals surface area contributed by atoms with Crippen LogP contribution in [0.1, 0.15) is 39.5 Å². The van der Waals surface area contributed by atoms with E-state index in [1.54, 1.807) is 13.8 Å². The molecule has 0 aromatic carbocycles. The van der Waals surface area contributed by atoms with Gasteiger partial charge in [-0.3, -0.25) is 4.79 Å². The Morgan fingerprint density at radius 2 is 1.93 bits per heavy atom. The van der Waals surface area contributed by atoms with Gasteiger partial charge in [-0.1, -0.05) is 12.8 Å². The first-order chi connectivity index (χ1) is 7.15. The zero-order chi connectivity index (χ0) is 11.3. The zero-order valence-corrected chi connectivity index (χ0v) is 9.32. The molecule has 1 rings (SSSR count). The minimum absolute atomic E-state index is 0.0122. The van der Waals surface area contributed by atoms with Gasteiger partial charge in [0.1, 0.15) is 0 Å². The normalized spacial score (nSPS) is 18.5. The zero-order valence-electron chi connectivity index (χ0n) is 9.32. The highest BCUT2D eigenvalue weighted by atomic mass is 16.6. The second kappa shape index (κ2) is 5.73. The summed E-state index contributed by atoms with van der Waals surface area (Å²) in [6, 6.07) is 0. The molecule has 0 amide bonds. The Bertz CT molecular complexity index is 231. The Hall–Kier alpha value is -1.06. The molecule has 15 heavy (non-hydrogen) atoms. The Morgan fingerprint density at radius 1 is 1.33 bits per heavy atom. The molecule has 1 fully saturated rings. The topological polar surface area (TPSA) is 52.6 Å². The largest absolute Gasteiger partial charge is 0.463 e. The summed E-state index contributed by atoms with van der Waals surface area (Å²) in [5.74, 6) is -0.737. The Labute approximate surface area is 89.9 Å². The van der Waals surface area contributed by atoms with Gasteiger partial charge in [-0.2, -0.15) is 0 Å². The van der Waals surface area contributed by atoms with Gasteiger partial charge in [-0.15, -0.1) is 0 Å². The van der Waals surface area contributed by atoms with Crippen molar-refractivity contribution in [1.29, 1.82) is 0 Å². The van der Waals surface area contributed by atoms with Gasteiger partial charge in [0.05, 0.1) is 12.5 Å². The van der Waals surface area contributed by atoms with E-state index >= 15 is 0 Å². The molecule has 0 aliphatic heterocycles. The molecular formula is C11H18O4. The Balaban J connectivity index is 2.33. The molecular weight excluding hydrogens is 196 g/mol. The third-order valence-corrected chi connectivity index (χ3v) is 2.60.